The molecule has 2 aromatic heterocycles. The topological polar surface area (TPSA) is 63.8 Å². The van der Waals surface area contributed by atoms with Gasteiger partial charge in [-0.05, 0) is 48.6 Å². The van der Waals surface area contributed by atoms with Crippen LogP contribution in [-0.2, 0) is 0 Å². The highest BCUT2D eigenvalue weighted by atomic mass is 35.5. The highest BCUT2D eigenvalue weighted by molar-refractivity contribution is 8.00. The number of aromatic nitrogens is 2. The van der Waals surface area contributed by atoms with Gasteiger partial charge in [-0.1, -0.05) is 41.9 Å². The van der Waals surface area contributed by atoms with Gasteiger partial charge < -0.3 is 10.5 Å². The van der Waals surface area contributed by atoms with Gasteiger partial charge in [-0.2, -0.15) is 0 Å². The van der Waals surface area contributed by atoms with E-state index in [0.29, 0.717) is 16.8 Å². The molecule has 0 spiro atoms. The molecular weight excluding hydrogens is 352 g/mol. The van der Waals surface area contributed by atoms with E-state index in [0.717, 1.165) is 22.1 Å². The third-order valence-electron chi connectivity index (χ3n) is 4.08. The molecule has 0 atom stereocenters. The summed E-state index contributed by atoms with van der Waals surface area (Å²) in [4.78, 5) is 8.98. The summed E-state index contributed by atoms with van der Waals surface area (Å²) in [6, 6.07) is 17.7. The highest BCUT2D eigenvalue weighted by Crippen LogP contribution is 2.45. The molecule has 1 fully saturated rings. The Kier molecular flexibility index (Phi) is 4.51. The minimum atomic E-state index is 0.495. The zero-order valence-electron chi connectivity index (χ0n) is 13.4. The molecule has 25 heavy (non-hydrogen) atoms. The van der Waals surface area contributed by atoms with Crippen molar-refractivity contribution in [1.82, 2.24) is 9.97 Å². The monoisotopic (exact) mass is 368 g/mol. The van der Waals surface area contributed by atoms with Gasteiger partial charge in [0.05, 0.1) is 10.7 Å². The van der Waals surface area contributed by atoms with Gasteiger partial charge in [-0.15, -0.1) is 0 Å². The Morgan fingerprint density at radius 2 is 1.84 bits per heavy atom. The van der Waals surface area contributed by atoms with Crippen molar-refractivity contribution in [2.45, 2.75) is 23.8 Å². The van der Waals surface area contributed by atoms with Crippen LogP contribution in [0.5, 0.6) is 0 Å². The fourth-order valence-corrected chi connectivity index (χ4v) is 3.57. The highest BCUT2D eigenvalue weighted by Gasteiger charge is 2.27. The van der Waals surface area contributed by atoms with Gasteiger partial charge in [0.2, 0.25) is 0 Å². The second-order valence-corrected chi connectivity index (χ2v) is 7.23. The lowest BCUT2D eigenvalue weighted by Gasteiger charge is -2.12. The van der Waals surface area contributed by atoms with Gasteiger partial charge in [-0.25, -0.2) is 9.97 Å². The van der Waals surface area contributed by atoms with E-state index in [9.17, 15) is 0 Å². The van der Waals surface area contributed by atoms with Crippen molar-refractivity contribution in [3.05, 3.63) is 65.2 Å². The molecule has 6 heteroatoms. The smallest absolute Gasteiger partial charge is 0.136 e. The maximum atomic E-state index is 6.44. The first kappa shape index (κ1) is 16.2. The molecule has 4 rings (SSSR count). The Hall–Kier alpha value is -2.24. The average molecular weight is 369 g/mol. The number of nitrogens with one attached hydrogen (secondary N) is 1. The normalized spacial score (nSPS) is 13.6. The number of hydrogen-bond donors (Lipinski definition) is 2. The maximum Gasteiger partial charge on any atom is 0.136 e. The van der Waals surface area contributed by atoms with Gasteiger partial charge in [0.1, 0.15) is 16.7 Å². The van der Waals surface area contributed by atoms with E-state index >= 15 is 0 Å². The first-order valence-electron chi connectivity index (χ1n) is 8.12. The molecule has 0 unspecified atom stereocenters. The summed E-state index contributed by atoms with van der Waals surface area (Å²) in [5.41, 5.74) is 8.98. The number of hydrogen-bond acceptors (Lipinski definition) is 5. The van der Waals surface area contributed by atoms with Crippen LogP contribution in [0.1, 0.15) is 24.3 Å². The van der Waals surface area contributed by atoms with Crippen molar-refractivity contribution in [2.75, 3.05) is 10.5 Å². The number of nitrogen functional groups attached to an aromatic ring is 1. The molecule has 0 bridgehead atoms. The lowest BCUT2D eigenvalue weighted by Crippen LogP contribution is -1.97. The Bertz CT molecular complexity index is 911. The van der Waals surface area contributed by atoms with E-state index in [1.54, 1.807) is 6.07 Å². The summed E-state index contributed by atoms with van der Waals surface area (Å²) < 4.78 is 3.22. The Morgan fingerprint density at radius 1 is 1.00 bits per heavy atom. The molecule has 0 radical (unpaired) electrons. The van der Waals surface area contributed by atoms with Crippen molar-refractivity contribution in [2.24, 2.45) is 0 Å². The van der Waals surface area contributed by atoms with Crippen molar-refractivity contribution in [3.63, 3.8) is 0 Å². The second-order valence-electron chi connectivity index (χ2n) is 5.99. The molecule has 126 valence electrons. The van der Waals surface area contributed by atoms with Crippen LogP contribution in [0.25, 0.3) is 11.3 Å². The third kappa shape index (κ3) is 3.72. The summed E-state index contributed by atoms with van der Waals surface area (Å²) in [7, 11) is 0. The van der Waals surface area contributed by atoms with Gasteiger partial charge in [0.25, 0.3) is 0 Å². The number of halogens is 1. The van der Waals surface area contributed by atoms with E-state index in [1.165, 1.54) is 30.4 Å². The summed E-state index contributed by atoms with van der Waals surface area (Å²) in [5, 5.41) is 1.45. The minimum Gasteiger partial charge on any atom is -0.384 e. The first-order valence-corrected chi connectivity index (χ1v) is 9.31. The van der Waals surface area contributed by atoms with Crippen LogP contribution in [-0.4, -0.2) is 9.97 Å². The van der Waals surface area contributed by atoms with Crippen molar-refractivity contribution < 1.29 is 0 Å². The van der Waals surface area contributed by atoms with Crippen LogP contribution in [0, 0.1) is 0 Å². The van der Waals surface area contributed by atoms with Crippen LogP contribution < -0.4 is 10.5 Å². The number of rotatable bonds is 5. The van der Waals surface area contributed by atoms with Crippen LogP contribution in [0.15, 0.2) is 59.6 Å². The fourth-order valence-electron chi connectivity index (χ4n) is 2.74. The van der Waals surface area contributed by atoms with Gasteiger partial charge in [-0.3, -0.25) is 0 Å². The Balaban J connectivity index is 1.61. The lowest BCUT2D eigenvalue weighted by atomic mass is 10.0. The van der Waals surface area contributed by atoms with Crippen molar-refractivity contribution in [3.8, 4) is 11.3 Å². The predicted octanol–water partition coefficient (Wildman–Crippen LogP) is 5.38. The third-order valence-corrected chi connectivity index (χ3v) is 5.14. The molecule has 1 aliphatic rings. The molecule has 1 aromatic carbocycles. The molecule has 3 aromatic rings. The first-order chi connectivity index (χ1) is 12.2. The molecule has 0 saturated heterocycles. The predicted molar refractivity (Wildman–Crippen MR) is 105 cm³/mol. The van der Waals surface area contributed by atoms with Crippen molar-refractivity contribution >= 4 is 35.2 Å². The van der Waals surface area contributed by atoms with E-state index < -0.39 is 0 Å². The SMILES string of the molecule is Nc1cccc(SNc2ccc(Cl)c(-c3ccccc3C3CC3)n2)n1. The summed E-state index contributed by atoms with van der Waals surface area (Å²) >= 11 is 7.81. The Labute approximate surface area is 156 Å². The largest absolute Gasteiger partial charge is 0.384 e. The van der Waals surface area contributed by atoms with Crippen LogP contribution in [0.4, 0.5) is 11.6 Å². The number of benzene rings is 1. The fraction of sp³-hybridized carbons (Fsp3) is 0.158. The average Bonchev–Trinajstić information content (AvgIpc) is 3.46. The van der Waals surface area contributed by atoms with Crippen LogP contribution in [0.2, 0.25) is 5.02 Å². The number of nitrogens with zero attached hydrogens (tertiary/aromatic N) is 2. The quantitative estimate of drug-likeness (QED) is 0.592. The zero-order valence-corrected chi connectivity index (χ0v) is 15.0. The van der Waals surface area contributed by atoms with E-state index in [4.69, 9.17) is 22.3 Å². The minimum absolute atomic E-state index is 0.495. The maximum absolute atomic E-state index is 6.44. The number of pyridine rings is 2. The Morgan fingerprint density at radius 3 is 2.64 bits per heavy atom. The van der Waals surface area contributed by atoms with Crippen LogP contribution >= 0.6 is 23.5 Å². The molecule has 3 N–H and O–H groups in total. The summed E-state index contributed by atoms with van der Waals surface area (Å²) in [6.45, 7) is 0. The van der Waals surface area contributed by atoms with Gasteiger partial charge >= 0.3 is 0 Å². The van der Waals surface area contributed by atoms with E-state index in [-0.39, 0.29) is 0 Å². The molecule has 0 amide bonds. The molecular formula is C19H17ClN4S. The molecule has 1 saturated carbocycles. The molecule has 1 aliphatic carbocycles. The zero-order chi connectivity index (χ0) is 17.2. The summed E-state index contributed by atoms with van der Waals surface area (Å²) in [6.07, 6.45) is 2.48. The lowest BCUT2D eigenvalue weighted by molar-refractivity contribution is 1.13. The van der Waals surface area contributed by atoms with Crippen molar-refractivity contribution in [1.29, 1.82) is 0 Å². The molecule has 2 heterocycles. The van der Waals surface area contributed by atoms with Gasteiger partial charge in [0.15, 0.2) is 0 Å². The second kappa shape index (κ2) is 6.94. The number of nitrogens with two attached hydrogens (primary N) is 1. The van der Waals surface area contributed by atoms with Gasteiger partial charge in [0, 0.05) is 17.5 Å². The summed E-state index contributed by atoms with van der Waals surface area (Å²) in [5.74, 6) is 1.87. The number of anilines is 2. The van der Waals surface area contributed by atoms with E-state index in [2.05, 4.69) is 27.9 Å². The molecule has 0 aliphatic heterocycles. The van der Waals surface area contributed by atoms with Crippen LogP contribution in [0.3, 0.4) is 0 Å². The molecule has 4 nitrogen and oxygen atoms in total. The standard InChI is InChI=1S/C19H17ClN4S/c20-15-10-11-17(24-25-18-7-3-6-16(21)22-18)23-19(15)14-5-2-1-4-13(14)12-8-9-12/h1-7,10-12H,8-9H2,(H2,21,22)(H,23,24). The van der Waals surface area contributed by atoms with E-state index in [1.807, 2.05) is 30.3 Å².